The number of fused-ring (bicyclic) bond motifs is 1. The lowest BCUT2D eigenvalue weighted by atomic mass is 10.2. The number of aromatic amines is 1. The quantitative estimate of drug-likeness (QED) is 0.731. The third-order valence-electron chi connectivity index (χ3n) is 1.67. The van der Waals surface area contributed by atoms with Crippen LogP contribution < -0.4 is 5.56 Å². The van der Waals surface area contributed by atoms with Gasteiger partial charge >= 0.3 is 0 Å². The summed E-state index contributed by atoms with van der Waals surface area (Å²) in [6.45, 7) is 0. The Bertz CT molecular complexity index is 435. The van der Waals surface area contributed by atoms with Crippen molar-refractivity contribution in [3.8, 4) is 11.3 Å². The van der Waals surface area contributed by atoms with Crippen molar-refractivity contribution in [3.05, 3.63) is 45.2 Å². The van der Waals surface area contributed by atoms with Crippen molar-refractivity contribution in [1.29, 1.82) is 0 Å². The summed E-state index contributed by atoms with van der Waals surface area (Å²) in [5.74, 6) is 0. The summed E-state index contributed by atoms with van der Waals surface area (Å²) in [6.07, 6.45) is 0. The predicted octanol–water partition coefficient (Wildman–Crippen LogP) is 2.24. The van der Waals surface area contributed by atoms with E-state index >= 15 is 0 Å². The van der Waals surface area contributed by atoms with Gasteiger partial charge in [0, 0.05) is 21.8 Å². The van der Waals surface area contributed by atoms with Gasteiger partial charge in [0.25, 0.3) is 0 Å². The Kier molecular flexibility index (Phi) is 1.73. The van der Waals surface area contributed by atoms with Crippen molar-refractivity contribution in [2.75, 3.05) is 0 Å². The Morgan fingerprint density at radius 2 is 2.08 bits per heavy atom. The fraction of sp³-hybridized carbons (Fsp3) is 0. The van der Waals surface area contributed by atoms with Crippen LogP contribution in [-0.4, -0.2) is 4.98 Å². The Balaban J connectivity index is 2.81. The predicted molar refractivity (Wildman–Crippen MR) is 51.4 cm³/mol. The highest BCUT2D eigenvalue weighted by Crippen LogP contribution is 2.19. The third kappa shape index (κ3) is 1.28. The highest BCUT2D eigenvalue weighted by atomic mass is 79.9. The average molecular weight is 224 g/mol. The lowest BCUT2D eigenvalue weighted by Gasteiger charge is -1.86. The van der Waals surface area contributed by atoms with Gasteiger partial charge < -0.3 is 4.98 Å². The first-order valence-electron chi connectivity index (χ1n) is 3.54. The number of aromatic nitrogens is 1. The van der Waals surface area contributed by atoms with Crippen LogP contribution >= 0.6 is 15.9 Å². The third-order valence-corrected chi connectivity index (χ3v) is 2.16. The lowest BCUT2D eigenvalue weighted by molar-refractivity contribution is 1.32. The molecule has 1 aliphatic heterocycles. The minimum atomic E-state index is -0.0527. The van der Waals surface area contributed by atoms with E-state index in [4.69, 9.17) is 0 Å². The van der Waals surface area contributed by atoms with Crippen LogP contribution in [0.2, 0.25) is 0 Å². The van der Waals surface area contributed by atoms with Crippen molar-refractivity contribution in [3.63, 3.8) is 0 Å². The zero-order valence-corrected chi connectivity index (χ0v) is 7.76. The Hall–Kier alpha value is -1.09. The van der Waals surface area contributed by atoms with Gasteiger partial charge in [0.2, 0.25) is 5.56 Å². The highest BCUT2D eigenvalue weighted by molar-refractivity contribution is 9.10. The molecule has 0 aromatic heterocycles. The van der Waals surface area contributed by atoms with E-state index in [2.05, 4.69) is 20.9 Å². The van der Waals surface area contributed by atoms with Gasteiger partial charge in [0.15, 0.2) is 0 Å². The van der Waals surface area contributed by atoms with Crippen molar-refractivity contribution < 1.29 is 0 Å². The standard InChI is InChI=1S/C9H6BrNO/c10-7-3-1-2-6-4-9(12)11-8(6)5-7/h1-5H,(H,11,12). The summed E-state index contributed by atoms with van der Waals surface area (Å²) in [7, 11) is 0. The van der Waals surface area contributed by atoms with Crippen LogP contribution in [0, 0.1) is 0 Å². The maximum Gasteiger partial charge on any atom is 0.249 e. The second kappa shape index (κ2) is 2.75. The number of H-pyrrole nitrogens is 1. The highest BCUT2D eigenvalue weighted by Gasteiger charge is 2.02. The maximum absolute atomic E-state index is 10.9. The monoisotopic (exact) mass is 223 g/mol. The van der Waals surface area contributed by atoms with Crippen molar-refractivity contribution in [2.45, 2.75) is 0 Å². The molecule has 2 rings (SSSR count). The van der Waals surface area contributed by atoms with E-state index in [1.165, 1.54) is 0 Å². The zero-order chi connectivity index (χ0) is 8.55. The van der Waals surface area contributed by atoms with E-state index in [1.54, 1.807) is 6.07 Å². The second-order valence-corrected chi connectivity index (χ2v) is 3.47. The lowest BCUT2D eigenvalue weighted by Crippen LogP contribution is -1.92. The summed E-state index contributed by atoms with van der Waals surface area (Å²) < 4.78 is 0.958. The fourth-order valence-electron chi connectivity index (χ4n) is 1.15. The molecule has 0 radical (unpaired) electrons. The topological polar surface area (TPSA) is 32.9 Å². The van der Waals surface area contributed by atoms with Crippen molar-refractivity contribution in [2.24, 2.45) is 0 Å². The molecule has 3 heteroatoms. The molecule has 1 heterocycles. The first-order chi connectivity index (χ1) is 5.75. The molecule has 0 aromatic rings. The van der Waals surface area contributed by atoms with Crippen LogP contribution in [0.15, 0.2) is 39.6 Å². The first-order valence-corrected chi connectivity index (χ1v) is 4.33. The minimum absolute atomic E-state index is 0.0527. The molecule has 0 spiro atoms. The van der Waals surface area contributed by atoms with Gasteiger partial charge in [-0.1, -0.05) is 28.1 Å². The molecule has 2 aliphatic rings. The molecule has 0 saturated heterocycles. The molecule has 0 amide bonds. The summed E-state index contributed by atoms with van der Waals surface area (Å²) in [6, 6.07) is 9.20. The normalized spacial score (nSPS) is 10.4. The number of nitrogens with one attached hydrogen (secondary N) is 1. The Morgan fingerprint density at radius 1 is 1.25 bits per heavy atom. The molecule has 0 bridgehead atoms. The van der Waals surface area contributed by atoms with E-state index in [9.17, 15) is 4.79 Å². The van der Waals surface area contributed by atoms with Gasteiger partial charge in [-0.25, -0.2) is 0 Å². The van der Waals surface area contributed by atoms with Crippen LogP contribution in [0.4, 0.5) is 0 Å². The van der Waals surface area contributed by atoms with Gasteiger partial charge in [-0.2, -0.15) is 0 Å². The van der Waals surface area contributed by atoms with Crippen LogP contribution in [0.5, 0.6) is 0 Å². The molecule has 1 N–H and O–H groups in total. The Labute approximate surface area is 77.7 Å². The van der Waals surface area contributed by atoms with Crippen molar-refractivity contribution in [1.82, 2.24) is 4.98 Å². The minimum Gasteiger partial charge on any atom is -0.322 e. The maximum atomic E-state index is 10.9. The molecular weight excluding hydrogens is 218 g/mol. The number of halogens is 1. The molecule has 0 saturated carbocycles. The summed E-state index contributed by atoms with van der Waals surface area (Å²) in [4.78, 5) is 13.7. The van der Waals surface area contributed by atoms with E-state index in [0.29, 0.717) is 0 Å². The number of hydrogen-bond donors (Lipinski definition) is 1. The summed E-state index contributed by atoms with van der Waals surface area (Å²) in [5.41, 5.74) is 1.74. The smallest absolute Gasteiger partial charge is 0.249 e. The van der Waals surface area contributed by atoms with E-state index in [-0.39, 0.29) is 5.56 Å². The number of rotatable bonds is 0. The molecule has 60 valence electrons. The van der Waals surface area contributed by atoms with E-state index in [1.807, 2.05) is 24.3 Å². The Morgan fingerprint density at radius 3 is 2.92 bits per heavy atom. The number of hydrogen-bond acceptors (Lipinski definition) is 1. The van der Waals surface area contributed by atoms with Crippen molar-refractivity contribution >= 4 is 15.9 Å². The summed E-state index contributed by atoms with van der Waals surface area (Å²) >= 11 is 3.35. The van der Waals surface area contributed by atoms with Gasteiger partial charge in [-0.15, -0.1) is 0 Å². The van der Waals surface area contributed by atoms with E-state index < -0.39 is 0 Å². The first kappa shape index (κ1) is 7.55. The van der Waals surface area contributed by atoms with E-state index in [0.717, 1.165) is 15.7 Å². The molecule has 0 fully saturated rings. The fourth-order valence-corrected chi connectivity index (χ4v) is 1.53. The molecule has 2 nitrogen and oxygen atoms in total. The molecule has 0 unspecified atom stereocenters. The largest absolute Gasteiger partial charge is 0.322 e. The molecule has 1 aliphatic carbocycles. The molecular formula is C9H6BrNO. The van der Waals surface area contributed by atoms with Gasteiger partial charge in [0.05, 0.1) is 0 Å². The summed E-state index contributed by atoms with van der Waals surface area (Å²) in [5, 5.41) is 0. The van der Waals surface area contributed by atoms with Crippen LogP contribution in [0.1, 0.15) is 0 Å². The second-order valence-electron chi connectivity index (χ2n) is 2.56. The average Bonchev–Trinajstić information content (AvgIpc) is 2.23. The van der Waals surface area contributed by atoms with Crippen LogP contribution in [0.25, 0.3) is 11.3 Å². The SMILES string of the molecule is O=c1cc2cccc(Br)cc-2[nH]1. The van der Waals surface area contributed by atoms with Gasteiger partial charge in [-0.3, -0.25) is 4.79 Å². The molecule has 12 heavy (non-hydrogen) atoms. The molecule has 0 aromatic carbocycles. The molecule has 0 atom stereocenters. The van der Waals surface area contributed by atoms with Crippen LogP contribution in [0.3, 0.4) is 0 Å². The zero-order valence-electron chi connectivity index (χ0n) is 6.17. The van der Waals surface area contributed by atoms with Gasteiger partial charge in [0.1, 0.15) is 0 Å². The van der Waals surface area contributed by atoms with Crippen LogP contribution in [-0.2, 0) is 0 Å². The van der Waals surface area contributed by atoms with Gasteiger partial charge in [-0.05, 0) is 12.1 Å².